The van der Waals surface area contributed by atoms with E-state index in [4.69, 9.17) is 4.74 Å². The molecule has 0 saturated carbocycles. The van der Waals surface area contributed by atoms with Crippen LogP contribution in [-0.4, -0.2) is 35.6 Å². The number of benzene rings is 3. The van der Waals surface area contributed by atoms with Gasteiger partial charge in [-0.3, -0.25) is 0 Å². The second-order valence-corrected chi connectivity index (χ2v) is 7.39. The van der Waals surface area contributed by atoms with Crippen molar-refractivity contribution < 1.29 is 28.5 Å². The molecule has 0 heterocycles. The number of aliphatic hydroxyl groups excluding tert-OH is 2. The number of halogens is 2. The third-order valence-corrected chi connectivity index (χ3v) is 5.45. The number of alkyl carbamates (subject to hydrolysis) is 1. The third kappa shape index (κ3) is 4.28. The van der Waals surface area contributed by atoms with E-state index in [9.17, 15) is 23.8 Å². The van der Waals surface area contributed by atoms with Gasteiger partial charge in [-0.15, -0.1) is 0 Å². The van der Waals surface area contributed by atoms with Crippen LogP contribution < -0.4 is 5.32 Å². The highest BCUT2D eigenvalue weighted by Crippen LogP contribution is 2.44. The normalized spacial score (nSPS) is 14.5. The van der Waals surface area contributed by atoms with Crippen LogP contribution in [-0.2, 0) is 4.74 Å². The smallest absolute Gasteiger partial charge is 0.407 e. The number of rotatable bonds is 6. The summed E-state index contributed by atoms with van der Waals surface area (Å²) in [5.74, 6) is -2.29. The summed E-state index contributed by atoms with van der Waals surface area (Å²) >= 11 is 0. The van der Waals surface area contributed by atoms with Crippen molar-refractivity contribution in [2.75, 3.05) is 13.2 Å². The Kier molecular flexibility index (Phi) is 5.97. The molecule has 4 rings (SSSR count). The molecule has 3 N–H and O–H groups in total. The predicted octanol–water partition coefficient (Wildman–Crippen LogP) is 3.90. The lowest BCUT2D eigenvalue weighted by molar-refractivity contribution is 0.0183. The highest BCUT2D eigenvalue weighted by Gasteiger charge is 2.29. The van der Waals surface area contributed by atoms with E-state index in [0.717, 1.165) is 34.4 Å². The van der Waals surface area contributed by atoms with Crippen molar-refractivity contribution in [2.45, 2.75) is 18.1 Å². The molecule has 7 heteroatoms. The lowest BCUT2D eigenvalue weighted by Gasteiger charge is -2.19. The van der Waals surface area contributed by atoms with Crippen molar-refractivity contribution >= 4 is 6.09 Å². The second kappa shape index (κ2) is 8.83. The van der Waals surface area contributed by atoms with E-state index in [1.165, 1.54) is 6.07 Å². The van der Waals surface area contributed by atoms with E-state index < -0.39 is 29.9 Å². The van der Waals surface area contributed by atoms with Gasteiger partial charge in [0.25, 0.3) is 0 Å². The van der Waals surface area contributed by atoms with E-state index in [1.807, 2.05) is 48.5 Å². The minimum absolute atomic E-state index is 0.000682. The molecular weight excluding hydrogens is 404 g/mol. The Hall–Kier alpha value is -3.29. The molecule has 2 atom stereocenters. The average molecular weight is 425 g/mol. The van der Waals surface area contributed by atoms with Crippen LogP contribution in [0.1, 0.15) is 28.7 Å². The molecule has 31 heavy (non-hydrogen) atoms. The molecule has 1 aliphatic carbocycles. The molecule has 0 saturated heterocycles. The van der Waals surface area contributed by atoms with Crippen LogP contribution in [0.2, 0.25) is 0 Å². The summed E-state index contributed by atoms with van der Waals surface area (Å²) in [5, 5.41) is 22.6. The Balaban J connectivity index is 1.34. The zero-order valence-electron chi connectivity index (χ0n) is 16.5. The molecule has 160 valence electrons. The quantitative estimate of drug-likeness (QED) is 0.560. The second-order valence-electron chi connectivity index (χ2n) is 7.39. The predicted molar refractivity (Wildman–Crippen MR) is 110 cm³/mol. The fraction of sp³-hybridized carbons (Fsp3) is 0.208. The van der Waals surface area contributed by atoms with E-state index >= 15 is 0 Å². The van der Waals surface area contributed by atoms with E-state index in [0.29, 0.717) is 0 Å². The number of aliphatic hydroxyl groups is 2. The summed E-state index contributed by atoms with van der Waals surface area (Å²) in [6, 6.07) is 18.7. The zero-order valence-corrected chi connectivity index (χ0v) is 16.5. The van der Waals surface area contributed by atoms with Gasteiger partial charge in [0.2, 0.25) is 0 Å². The largest absolute Gasteiger partial charge is 0.449 e. The van der Waals surface area contributed by atoms with Crippen molar-refractivity contribution in [1.82, 2.24) is 5.32 Å². The van der Waals surface area contributed by atoms with Gasteiger partial charge in [-0.05, 0) is 39.9 Å². The molecule has 0 radical (unpaired) electrons. The van der Waals surface area contributed by atoms with Gasteiger partial charge in [0.15, 0.2) is 11.6 Å². The third-order valence-electron chi connectivity index (χ3n) is 5.45. The summed E-state index contributed by atoms with van der Waals surface area (Å²) in [6.07, 6.45) is -3.67. The average Bonchev–Trinajstić information content (AvgIpc) is 3.11. The van der Waals surface area contributed by atoms with Crippen LogP contribution in [0.25, 0.3) is 11.1 Å². The van der Waals surface area contributed by atoms with Crippen LogP contribution >= 0.6 is 0 Å². The van der Waals surface area contributed by atoms with Crippen LogP contribution in [0.5, 0.6) is 0 Å². The minimum atomic E-state index is -1.50. The SMILES string of the molecule is O=C(NCC(O)C(O)c1ccc(F)c(F)c1)OCC1c2ccccc2-c2ccccc21. The van der Waals surface area contributed by atoms with Gasteiger partial charge < -0.3 is 20.3 Å². The number of carbonyl (C=O) groups excluding carboxylic acids is 1. The Bertz CT molecular complexity index is 1060. The summed E-state index contributed by atoms with van der Waals surface area (Å²) < 4.78 is 31.7. The molecule has 0 bridgehead atoms. The molecule has 0 aromatic heterocycles. The standard InChI is InChI=1S/C24H21F2NO4/c25-20-10-9-14(11-21(20)26)23(29)22(28)12-27-24(30)31-13-19-17-7-3-1-5-15(17)16-6-2-4-8-18(16)19/h1-11,19,22-23,28-29H,12-13H2,(H,27,30). The van der Waals surface area contributed by atoms with Crippen LogP contribution in [0, 0.1) is 11.6 Å². The van der Waals surface area contributed by atoms with Crippen LogP contribution in [0.3, 0.4) is 0 Å². The molecule has 3 aromatic rings. The lowest BCUT2D eigenvalue weighted by Crippen LogP contribution is -2.36. The molecule has 0 aliphatic heterocycles. The zero-order chi connectivity index (χ0) is 22.0. The summed E-state index contributed by atoms with van der Waals surface area (Å²) in [4.78, 5) is 12.2. The molecule has 0 fully saturated rings. The Morgan fingerprint density at radius 3 is 2.16 bits per heavy atom. The molecule has 2 unspecified atom stereocenters. The Morgan fingerprint density at radius 1 is 0.935 bits per heavy atom. The first-order chi connectivity index (χ1) is 15.0. The van der Waals surface area contributed by atoms with Crippen molar-refractivity contribution in [3.05, 3.63) is 95.1 Å². The summed E-state index contributed by atoms with van der Waals surface area (Å²) in [7, 11) is 0. The van der Waals surface area contributed by atoms with Crippen molar-refractivity contribution in [1.29, 1.82) is 0 Å². The van der Waals surface area contributed by atoms with Gasteiger partial charge in [0.1, 0.15) is 18.8 Å². The molecule has 1 aliphatic rings. The number of ether oxygens (including phenoxy) is 1. The lowest BCUT2D eigenvalue weighted by atomic mass is 9.98. The number of hydrogen-bond acceptors (Lipinski definition) is 4. The highest BCUT2D eigenvalue weighted by molar-refractivity contribution is 5.79. The van der Waals surface area contributed by atoms with E-state index in [-0.39, 0.29) is 24.6 Å². The fourth-order valence-electron chi connectivity index (χ4n) is 3.87. The Labute approximate surface area is 177 Å². The van der Waals surface area contributed by atoms with Crippen molar-refractivity contribution in [3.8, 4) is 11.1 Å². The first-order valence-electron chi connectivity index (χ1n) is 9.85. The van der Waals surface area contributed by atoms with Crippen LogP contribution in [0.15, 0.2) is 66.7 Å². The number of carbonyl (C=O) groups is 1. The summed E-state index contributed by atoms with van der Waals surface area (Å²) in [5.41, 5.74) is 4.37. The summed E-state index contributed by atoms with van der Waals surface area (Å²) in [6.45, 7) is -0.210. The van der Waals surface area contributed by atoms with Gasteiger partial charge in [0, 0.05) is 12.5 Å². The van der Waals surface area contributed by atoms with Crippen molar-refractivity contribution in [2.24, 2.45) is 0 Å². The maximum absolute atomic E-state index is 13.3. The van der Waals surface area contributed by atoms with Gasteiger partial charge in [-0.1, -0.05) is 54.6 Å². The van der Waals surface area contributed by atoms with Crippen molar-refractivity contribution in [3.63, 3.8) is 0 Å². The van der Waals surface area contributed by atoms with Gasteiger partial charge in [-0.2, -0.15) is 0 Å². The van der Waals surface area contributed by atoms with Gasteiger partial charge in [-0.25, -0.2) is 13.6 Å². The molecular formula is C24H21F2NO4. The topological polar surface area (TPSA) is 78.8 Å². The number of fused-ring (bicyclic) bond motifs is 3. The van der Waals surface area contributed by atoms with Crippen LogP contribution in [0.4, 0.5) is 13.6 Å². The maximum atomic E-state index is 13.3. The number of nitrogens with one attached hydrogen (secondary N) is 1. The first-order valence-corrected chi connectivity index (χ1v) is 9.85. The first kappa shape index (κ1) is 21.0. The number of hydrogen-bond donors (Lipinski definition) is 3. The highest BCUT2D eigenvalue weighted by atomic mass is 19.2. The molecule has 0 spiro atoms. The minimum Gasteiger partial charge on any atom is -0.449 e. The maximum Gasteiger partial charge on any atom is 0.407 e. The monoisotopic (exact) mass is 425 g/mol. The Morgan fingerprint density at radius 2 is 1.55 bits per heavy atom. The van der Waals surface area contributed by atoms with E-state index in [1.54, 1.807) is 0 Å². The fourth-order valence-corrected chi connectivity index (χ4v) is 3.87. The number of amides is 1. The van der Waals surface area contributed by atoms with E-state index in [2.05, 4.69) is 5.32 Å². The van der Waals surface area contributed by atoms with Gasteiger partial charge >= 0.3 is 6.09 Å². The molecule has 1 amide bonds. The molecule has 5 nitrogen and oxygen atoms in total. The molecule has 3 aromatic carbocycles. The van der Waals surface area contributed by atoms with Gasteiger partial charge in [0.05, 0.1) is 0 Å².